The monoisotopic (exact) mass is 292 g/mol. The normalized spacial score (nSPS) is 14.9. The van der Waals surface area contributed by atoms with E-state index in [0.717, 1.165) is 36.5 Å². The van der Waals surface area contributed by atoms with Gasteiger partial charge in [0.1, 0.15) is 9.88 Å². The Morgan fingerprint density at radius 1 is 1.26 bits per heavy atom. The van der Waals surface area contributed by atoms with Gasteiger partial charge in [0.2, 0.25) is 0 Å². The summed E-state index contributed by atoms with van der Waals surface area (Å²) in [5.41, 5.74) is 0.884. The van der Waals surface area contributed by atoms with E-state index in [1.807, 2.05) is 29.2 Å². The minimum absolute atomic E-state index is 0.0910. The van der Waals surface area contributed by atoms with E-state index in [0.29, 0.717) is 9.90 Å². The molecule has 19 heavy (non-hydrogen) atoms. The maximum atomic E-state index is 12.2. The molecule has 2 heterocycles. The summed E-state index contributed by atoms with van der Waals surface area (Å²) < 4.78 is 0. The summed E-state index contributed by atoms with van der Waals surface area (Å²) in [6, 6.07) is 7.56. The van der Waals surface area contributed by atoms with Gasteiger partial charge in [-0.25, -0.2) is 4.98 Å². The average Bonchev–Trinajstić information content (AvgIpc) is 3.10. The van der Waals surface area contributed by atoms with E-state index in [9.17, 15) is 4.79 Å². The van der Waals surface area contributed by atoms with E-state index in [4.69, 9.17) is 11.6 Å². The number of thiazole rings is 1. The SMILES string of the molecule is O=C(c1cnc(-c2ccccc2Cl)s1)N1CCCC1. The number of benzene rings is 1. The molecule has 3 rings (SSSR count). The molecule has 3 nitrogen and oxygen atoms in total. The molecule has 1 saturated heterocycles. The molecule has 1 fully saturated rings. The highest BCUT2D eigenvalue weighted by molar-refractivity contribution is 7.17. The fourth-order valence-electron chi connectivity index (χ4n) is 2.21. The van der Waals surface area contributed by atoms with Gasteiger partial charge in [-0.1, -0.05) is 29.8 Å². The smallest absolute Gasteiger partial charge is 0.265 e. The minimum atomic E-state index is 0.0910. The van der Waals surface area contributed by atoms with Crippen LogP contribution in [0.4, 0.5) is 0 Å². The molecule has 0 radical (unpaired) electrons. The van der Waals surface area contributed by atoms with Crippen LogP contribution in [-0.4, -0.2) is 28.9 Å². The van der Waals surface area contributed by atoms with E-state index in [1.54, 1.807) is 6.20 Å². The summed E-state index contributed by atoms with van der Waals surface area (Å²) in [6.07, 6.45) is 3.85. The lowest BCUT2D eigenvalue weighted by molar-refractivity contribution is 0.0797. The van der Waals surface area contributed by atoms with Crippen LogP contribution in [0.5, 0.6) is 0 Å². The third-order valence-corrected chi connectivity index (χ3v) is 4.56. The van der Waals surface area contributed by atoms with Gasteiger partial charge < -0.3 is 4.90 Å². The van der Waals surface area contributed by atoms with Crippen LogP contribution in [0.3, 0.4) is 0 Å². The third kappa shape index (κ3) is 2.51. The molecule has 98 valence electrons. The summed E-state index contributed by atoms with van der Waals surface area (Å²) in [5, 5.41) is 1.46. The molecular weight excluding hydrogens is 280 g/mol. The van der Waals surface area contributed by atoms with E-state index in [1.165, 1.54) is 11.3 Å². The highest BCUT2D eigenvalue weighted by Crippen LogP contribution is 2.31. The van der Waals surface area contributed by atoms with Crippen molar-refractivity contribution in [3.05, 3.63) is 40.4 Å². The fourth-order valence-corrected chi connectivity index (χ4v) is 3.41. The van der Waals surface area contributed by atoms with Crippen LogP contribution >= 0.6 is 22.9 Å². The van der Waals surface area contributed by atoms with Crippen molar-refractivity contribution in [1.82, 2.24) is 9.88 Å². The Labute approximate surface area is 120 Å². The maximum Gasteiger partial charge on any atom is 0.265 e. The Morgan fingerprint density at radius 2 is 2.00 bits per heavy atom. The van der Waals surface area contributed by atoms with Crippen LogP contribution in [0.25, 0.3) is 10.6 Å². The van der Waals surface area contributed by atoms with Crippen LogP contribution in [0.1, 0.15) is 22.5 Å². The summed E-state index contributed by atoms with van der Waals surface area (Å²) in [5.74, 6) is 0.0910. The number of nitrogens with zero attached hydrogens (tertiary/aromatic N) is 2. The van der Waals surface area contributed by atoms with Crippen LogP contribution in [0.15, 0.2) is 30.5 Å². The van der Waals surface area contributed by atoms with Gasteiger partial charge in [0.05, 0.1) is 11.2 Å². The zero-order chi connectivity index (χ0) is 13.2. The molecule has 0 N–H and O–H groups in total. The second-order valence-corrected chi connectivity index (χ2v) is 5.95. The molecule has 1 aromatic heterocycles. The van der Waals surface area contributed by atoms with E-state index in [-0.39, 0.29) is 5.91 Å². The zero-order valence-electron chi connectivity index (χ0n) is 10.3. The number of halogens is 1. The van der Waals surface area contributed by atoms with E-state index >= 15 is 0 Å². The van der Waals surface area contributed by atoms with Crippen molar-refractivity contribution in [2.75, 3.05) is 13.1 Å². The van der Waals surface area contributed by atoms with Crippen LogP contribution in [-0.2, 0) is 0 Å². The van der Waals surface area contributed by atoms with E-state index < -0.39 is 0 Å². The highest BCUT2D eigenvalue weighted by Gasteiger charge is 2.21. The van der Waals surface area contributed by atoms with Crippen molar-refractivity contribution in [2.24, 2.45) is 0 Å². The molecule has 1 aliphatic heterocycles. The Morgan fingerprint density at radius 3 is 2.74 bits per heavy atom. The van der Waals surface area contributed by atoms with Crippen LogP contribution < -0.4 is 0 Å². The number of amides is 1. The van der Waals surface area contributed by atoms with Crippen LogP contribution in [0, 0.1) is 0 Å². The third-order valence-electron chi connectivity index (χ3n) is 3.21. The number of rotatable bonds is 2. The Hall–Kier alpha value is -1.39. The maximum absolute atomic E-state index is 12.2. The molecule has 2 aromatic rings. The summed E-state index contributed by atoms with van der Waals surface area (Å²) in [4.78, 5) is 19.2. The average molecular weight is 293 g/mol. The van der Waals surface area contributed by atoms with Crippen molar-refractivity contribution in [3.63, 3.8) is 0 Å². The van der Waals surface area contributed by atoms with Gasteiger partial charge in [-0.2, -0.15) is 0 Å². The quantitative estimate of drug-likeness (QED) is 0.845. The number of carbonyl (C=O) groups is 1. The van der Waals surface area contributed by atoms with Crippen molar-refractivity contribution in [3.8, 4) is 10.6 Å². The van der Waals surface area contributed by atoms with Crippen molar-refractivity contribution < 1.29 is 4.79 Å². The molecule has 0 spiro atoms. The van der Waals surface area contributed by atoms with Crippen molar-refractivity contribution in [2.45, 2.75) is 12.8 Å². The van der Waals surface area contributed by atoms with Gasteiger partial charge in [0.15, 0.2) is 0 Å². The molecule has 1 aliphatic rings. The van der Waals surface area contributed by atoms with Gasteiger partial charge in [-0.15, -0.1) is 11.3 Å². The van der Waals surface area contributed by atoms with Crippen molar-refractivity contribution >= 4 is 28.8 Å². The number of carbonyl (C=O) groups excluding carboxylic acids is 1. The van der Waals surface area contributed by atoms with Crippen LogP contribution in [0.2, 0.25) is 5.02 Å². The Kier molecular flexibility index (Phi) is 3.53. The largest absolute Gasteiger partial charge is 0.338 e. The summed E-state index contributed by atoms with van der Waals surface area (Å²) in [7, 11) is 0. The predicted molar refractivity (Wildman–Crippen MR) is 77.7 cm³/mol. The van der Waals surface area contributed by atoms with E-state index in [2.05, 4.69) is 4.98 Å². The van der Waals surface area contributed by atoms with Gasteiger partial charge in [0, 0.05) is 18.7 Å². The molecule has 0 aliphatic carbocycles. The zero-order valence-corrected chi connectivity index (χ0v) is 11.9. The number of likely N-dealkylation sites (tertiary alicyclic amines) is 1. The first kappa shape index (κ1) is 12.6. The molecule has 1 aromatic carbocycles. The number of hydrogen-bond donors (Lipinski definition) is 0. The second-order valence-electron chi connectivity index (χ2n) is 4.51. The predicted octanol–water partition coefficient (Wildman–Crippen LogP) is 3.70. The van der Waals surface area contributed by atoms with Gasteiger partial charge in [-0.05, 0) is 18.9 Å². The Balaban J connectivity index is 1.87. The number of aromatic nitrogens is 1. The summed E-state index contributed by atoms with van der Waals surface area (Å²) in [6.45, 7) is 1.72. The first-order valence-corrected chi connectivity index (χ1v) is 7.45. The molecule has 0 saturated carbocycles. The van der Waals surface area contributed by atoms with Gasteiger partial charge in [-0.3, -0.25) is 4.79 Å². The van der Waals surface area contributed by atoms with Crippen molar-refractivity contribution in [1.29, 1.82) is 0 Å². The molecule has 0 unspecified atom stereocenters. The molecular formula is C14H13ClN2OS. The standard InChI is InChI=1S/C14H13ClN2OS/c15-11-6-2-1-5-10(11)13-16-9-12(19-13)14(18)17-7-3-4-8-17/h1-2,5-6,9H,3-4,7-8H2. The lowest BCUT2D eigenvalue weighted by Gasteiger charge is -2.12. The van der Waals surface area contributed by atoms with Gasteiger partial charge >= 0.3 is 0 Å². The lowest BCUT2D eigenvalue weighted by Crippen LogP contribution is -2.26. The summed E-state index contributed by atoms with van der Waals surface area (Å²) >= 11 is 7.55. The first-order valence-electron chi connectivity index (χ1n) is 6.26. The fraction of sp³-hybridized carbons (Fsp3) is 0.286. The highest BCUT2D eigenvalue weighted by atomic mass is 35.5. The second kappa shape index (κ2) is 5.31. The Bertz CT molecular complexity index is 605. The topological polar surface area (TPSA) is 33.2 Å². The molecule has 0 bridgehead atoms. The minimum Gasteiger partial charge on any atom is -0.338 e. The molecule has 0 atom stereocenters. The molecule has 1 amide bonds. The molecule has 5 heteroatoms. The first-order chi connectivity index (χ1) is 9.25. The van der Waals surface area contributed by atoms with Gasteiger partial charge in [0.25, 0.3) is 5.91 Å². The number of hydrogen-bond acceptors (Lipinski definition) is 3. The lowest BCUT2D eigenvalue weighted by atomic mass is 10.2.